The van der Waals surface area contributed by atoms with Gasteiger partial charge in [0.1, 0.15) is 0 Å². The van der Waals surface area contributed by atoms with Crippen LogP contribution >= 0.6 is 0 Å². The van der Waals surface area contributed by atoms with Gasteiger partial charge in [-0.25, -0.2) is 9.59 Å². The van der Waals surface area contributed by atoms with Crippen molar-refractivity contribution < 1.29 is 19.4 Å². The summed E-state index contributed by atoms with van der Waals surface area (Å²) >= 11 is 0. The molecule has 14 heavy (non-hydrogen) atoms. The molecule has 0 rings (SSSR count). The Balaban J connectivity index is 5.44. The Morgan fingerprint density at radius 1 is 1.36 bits per heavy atom. The maximum Gasteiger partial charge on any atom is 0.334 e. The second-order valence-electron chi connectivity index (χ2n) is 4.05. The number of carboxylic acid groups (broad SMARTS) is 1. The molecule has 5 heteroatoms. The third-order valence-electron chi connectivity index (χ3n) is 1.84. The van der Waals surface area contributed by atoms with Crippen molar-refractivity contribution >= 4 is 22.2 Å². The Hall–Kier alpha value is -1.10. The van der Waals surface area contributed by atoms with Crippen LogP contribution in [0.4, 0.5) is 0 Å². The minimum atomic E-state index is -1.07. The molecule has 0 atom stereocenters. The highest BCUT2D eigenvalue weighted by Gasteiger charge is 2.29. The fraction of sp³-hybridized carbons (Fsp3) is 0.556. The Bertz CT molecular complexity index is 286. The summed E-state index contributed by atoms with van der Waals surface area (Å²) < 4.78 is 4.57. The largest absolute Gasteiger partial charge is 0.478 e. The third-order valence-corrected chi connectivity index (χ3v) is 2.34. The second kappa shape index (κ2) is 4.41. The van der Waals surface area contributed by atoms with E-state index in [2.05, 4.69) is 4.74 Å². The summed E-state index contributed by atoms with van der Waals surface area (Å²) in [4.78, 5) is 22.1. The Morgan fingerprint density at radius 3 is 2.00 bits per heavy atom. The van der Waals surface area contributed by atoms with E-state index in [1.807, 2.05) is 13.8 Å². The number of rotatable bonds is 3. The summed E-state index contributed by atoms with van der Waals surface area (Å²) in [7, 11) is 1.94. The number of carbonyl (C=O) groups is 2. The molecular weight excluding hydrogens is 200 g/mol. The molecule has 0 amide bonds. The smallest absolute Gasteiger partial charge is 0.334 e. The topological polar surface area (TPSA) is 63.6 Å². The van der Waals surface area contributed by atoms with Gasteiger partial charge in [0.25, 0.3) is 0 Å². The first-order valence-corrected chi connectivity index (χ1v) is 5.24. The molecule has 0 aliphatic rings. The molecule has 0 aromatic heterocycles. The van der Waals surface area contributed by atoms with Crippen LogP contribution in [0.5, 0.6) is 0 Å². The number of esters is 1. The van der Waals surface area contributed by atoms with Gasteiger partial charge >= 0.3 is 11.9 Å². The molecule has 0 radical (unpaired) electrons. The van der Waals surface area contributed by atoms with Crippen molar-refractivity contribution in [2.24, 2.45) is 0 Å². The van der Waals surface area contributed by atoms with Crippen molar-refractivity contribution in [3.63, 3.8) is 0 Å². The Kier molecular flexibility index (Phi) is 4.06. The summed E-state index contributed by atoms with van der Waals surface area (Å²) in [6.07, 6.45) is 0. The van der Waals surface area contributed by atoms with Gasteiger partial charge in [0.2, 0.25) is 0 Å². The summed E-state index contributed by atoms with van der Waals surface area (Å²) in [5.41, 5.74) is 0.330. The maximum atomic E-state index is 11.4. The van der Waals surface area contributed by atoms with Gasteiger partial charge in [-0.1, -0.05) is 13.8 Å². The van der Waals surface area contributed by atoms with Crippen molar-refractivity contribution in [3.8, 4) is 0 Å². The first-order chi connectivity index (χ1) is 6.21. The van der Waals surface area contributed by atoms with Gasteiger partial charge in [-0.15, -0.1) is 0 Å². The summed E-state index contributed by atoms with van der Waals surface area (Å²) in [5, 5.41) is 8.42. The van der Waals surface area contributed by atoms with Gasteiger partial charge in [0.05, 0.1) is 7.11 Å². The normalized spacial score (nSPS) is 13.4. The number of methoxy groups -OCH3 is 1. The van der Waals surface area contributed by atoms with Crippen LogP contribution in [-0.4, -0.2) is 34.4 Å². The van der Waals surface area contributed by atoms with E-state index in [0.717, 1.165) is 0 Å². The van der Waals surface area contributed by atoms with Crippen molar-refractivity contribution in [2.45, 2.75) is 25.8 Å². The quantitative estimate of drug-likeness (QED) is 0.413. The number of ether oxygens (including phenoxy) is 1. The lowest BCUT2D eigenvalue weighted by molar-refractivity contribution is -0.138. The van der Waals surface area contributed by atoms with Crippen molar-refractivity contribution in [2.75, 3.05) is 7.11 Å². The van der Waals surface area contributed by atoms with Crippen LogP contribution in [0, 0.1) is 0 Å². The molecule has 80 valence electrons. The average molecular weight is 216 g/mol. The molecule has 0 aromatic carbocycles. The molecule has 0 bridgehead atoms. The van der Waals surface area contributed by atoms with Gasteiger partial charge < -0.3 is 9.84 Å². The molecule has 0 heterocycles. The Morgan fingerprint density at radius 2 is 1.79 bits per heavy atom. The Labute approximate surface area is 86.4 Å². The number of carbonyl (C=O) groups excluding carboxylic acids is 1. The number of carboxylic acids is 1. The monoisotopic (exact) mass is 216 g/mol. The molecule has 0 saturated carbocycles. The van der Waals surface area contributed by atoms with Gasteiger partial charge in [-0.3, -0.25) is 0 Å². The lowest BCUT2D eigenvalue weighted by Crippen LogP contribution is -2.21. The van der Waals surface area contributed by atoms with E-state index in [4.69, 9.17) is 5.11 Å². The van der Waals surface area contributed by atoms with Crippen molar-refractivity contribution in [1.29, 1.82) is 0 Å². The van der Waals surface area contributed by atoms with E-state index < -0.39 is 17.0 Å². The minimum Gasteiger partial charge on any atom is -0.478 e. The highest BCUT2D eigenvalue weighted by Crippen LogP contribution is 2.33. The zero-order valence-corrected chi connectivity index (χ0v) is 11.2. The van der Waals surface area contributed by atoms with Crippen LogP contribution in [0.25, 0.3) is 0 Å². The summed E-state index contributed by atoms with van der Waals surface area (Å²) in [5.74, 6) is -1.63. The van der Waals surface area contributed by atoms with Crippen LogP contribution in [0.1, 0.15) is 20.8 Å². The van der Waals surface area contributed by atoms with E-state index in [-0.39, 0.29) is 11.1 Å². The molecule has 0 unspecified atom stereocenters. The lowest BCUT2D eigenvalue weighted by atomic mass is 9.97. The number of hydrogen-bond acceptors (Lipinski definition) is 3. The van der Waals surface area contributed by atoms with Crippen LogP contribution in [0.2, 0.25) is 5.04 Å². The first kappa shape index (κ1) is 12.9. The van der Waals surface area contributed by atoms with E-state index >= 15 is 0 Å². The molecule has 0 aliphatic heterocycles. The minimum absolute atomic E-state index is 0.0665. The summed E-state index contributed by atoms with van der Waals surface area (Å²) in [6.45, 7) is 5.09. The molecular formula is C9H16O4Si. The standard InChI is InChI=1S/C9H16O4Si/c1-5(7(10)11)6(8(12)13-4)9(2,3)14/h1-4,14H3,(H,10,11). The number of aliphatic carboxylic acids is 1. The molecule has 1 N–H and O–H groups in total. The second-order valence-corrected chi connectivity index (χ2v) is 6.55. The van der Waals surface area contributed by atoms with E-state index in [9.17, 15) is 9.59 Å². The predicted octanol–water partition coefficient (Wildman–Crippen LogP) is 0.124. The third kappa shape index (κ3) is 2.99. The van der Waals surface area contributed by atoms with Crippen LogP contribution < -0.4 is 0 Å². The van der Waals surface area contributed by atoms with E-state index in [0.29, 0.717) is 10.2 Å². The maximum absolute atomic E-state index is 11.4. The van der Waals surface area contributed by atoms with Gasteiger partial charge in [-0.2, -0.15) is 0 Å². The van der Waals surface area contributed by atoms with Gasteiger partial charge in [-0.05, 0) is 12.0 Å². The van der Waals surface area contributed by atoms with Crippen LogP contribution in [0.15, 0.2) is 11.1 Å². The molecule has 0 aromatic rings. The van der Waals surface area contributed by atoms with Crippen molar-refractivity contribution in [3.05, 3.63) is 11.1 Å². The molecule has 4 nitrogen and oxygen atoms in total. The van der Waals surface area contributed by atoms with E-state index in [1.54, 1.807) is 0 Å². The van der Waals surface area contributed by atoms with Crippen LogP contribution in [0.3, 0.4) is 0 Å². The molecule has 0 fully saturated rings. The molecule has 0 spiro atoms. The highest BCUT2D eigenvalue weighted by molar-refractivity contribution is 6.22. The fourth-order valence-corrected chi connectivity index (χ4v) is 1.81. The SMILES string of the molecule is COC(=O)C(=C(C)C(=O)O)C(C)(C)[SiH3]. The average Bonchev–Trinajstić information content (AvgIpc) is 2.01. The molecule has 0 saturated heterocycles. The zero-order valence-electron chi connectivity index (χ0n) is 9.17. The number of hydrogen-bond donors (Lipinski definition) is 1. The van der Waals surface area contributed by atoms with Gasteiger partial charge in [0.15, 0.2) is 0 Å². The van der Waals surface area contributed by atoms with Gasteiger partial charge in [0, 0.05) is 21.4 Å². The lowest BCUT2D eigenvalue weighted by Gasteiger charge is -2.22. The predicted molar refractivity (Wildman–Crippen MR) is 56.3 cm³/mol. The first-order valence-electron chi connectivity index (χ1n) is 4.24. The van der Waals surface area contributed by atoms with Crippen molar-refractivity contribution in [1.82, 2.24) is 0 Å². The summed E-state index contributed by atoms with van der Waals surface area (Å²) in [6, 6.07) is 0. The fourth-order valence-electron chi connectivity index (χ4n) is 1.23. The van der Waals surface area contributed by atoms with Crippen LogP contribution in [-0.2, 0) is 14.3 Å². The zero-order chi connectivity index (χ0) is 11.5. The van der Waals surface area contributed by atoms with E-state index in [1.165, 1.54) is 14.0 Å². The highest BCUT2D eigenvalue weighted by atomic mass is 28.1. The molecule has 0 aliphatic carbocycles.